The van der Waals surface area contributed by atoms with Gasteiger partial charge >= 0.3 is 5.97 Å². The van der Waals surface area contributed by atoms with Crippen molar-refractivity contribution in [1.29, 1.82) is 0 Å². The van der Waals surface area contributed by atoms with E-state index in [4.69, 9.17) is 26.2 Å². The van der Waals surface area contributed by atoms with Crippen LogP contribution in [-0.4, -0.2) is 17.7 Å². The second-order valence-electron chi connectivity index (χ2n) is 5.38. The Morgan fingerprint density at radius 1 is 1.17 bits per heavy atom. The smallest absolute Gasteiger partial charge is 0.306 e. The number of hydrogen-bond donors (Lipinski definition) is 1. The van der Waals surface area contributed by atoms with Crippen LogP contribution < -0.4 is 9.47 Å². The molecule has 0 spiro atoms. The Morgan fingerprint density at radius 3 is 2.48 bits per heavy atom. The molecule has 122 valence electrons. The van der Waals surface area contributed by atoms with Gasteiger partial charge in [-0.25, -0.2) is 0 Å². The summed E-state index contributed by atoms with van der Waals surface area (Å²) in [5.41, 5.74) is 1.15. The fourth-order valence-electron chi connectivity index (χ4n) is 1.86. The SMILES string of the molecule is Cc1ccc(Oc2cc(OCCC(C)C(=O)O)ccc2Cl)cc1. The summed E-state index contributed by atoms with van der Waals surface area (Å²) in [5.74, 6) is 0.515. The van der Waals surface area contributed by atoms with Gasteiger partial charge in [0.25, 0.3) is 0 Å². The minimum atomic E-state index is -0.826. The van der Waals surface area contributed by atoms with Crippen LogP contribution in [0.1, 0.15) is 18.9 Å². The van der Waals surface area contributed by atoms with E-state index in [0.717, 1.165) is 5.56 Å². The first-order valence-electron chi connectivity index (χ1n) is 7.35. The monoisotopic (exact) mass is 334 g/mol. The summed E-state index contributed by atoms with van der Waals surface area (Å²) in [5, 5.41) is 9.33. The molecule has 2 aromatic carbocycles. The van der Waals surface area contributed by atoms with Crippen LogP contribution in [0.15, 0.2) is 42.5 Å². The van der Waals surface area contributed by atoms with Gasteiger partial charge in [-0.15, -0.1) is 0 Å². The van der Waals surface area contributed by atoms with Crippen molar-refractivity contribution in [2.45, 2.75) is 20.3 Å². The van der Waals surface area contributed by atoms with Crippen molar-refractivity contribution in [3.8, 4) is 17.2 Å². The van der Waals surface area contributed by atoms with Crippen LogP contribution in [0.5, 0.6) is 17.2 Å². The predicted octanol–water partition coefficient (Wildman–Crippen LogP) is 4.93. The highest BCUT2D eigenvalue weighted by molar-refractivity contribution is 6.32. The highest BCUT2D eigenvalue weighted by Gasteiger charge is 2.11. The Hall–Kier alpha value is -2.20. The van der Waals surface area contributed by atoms with Crippen molar-refractivity contribution in [1.82, 2.24) is 0 Å². The topological polar surface area (TPSA) is 55.8 Å². The number of carbonyl (C=O) groups is 1. The average Bonchev–Trinajstić information content (AvgIpc) is 2.52. The molecule has 0 aliphatic carbocycles. The van der Waals surface area contributed by atoms with E-state index in [1.165, 1.54) is 0 Å². The molecule has 0 saturated carbocycles. The van der Waals surface area contributed by atoms with Crippen LogP contribution in [-0.2, 0) is 4.79 Å². The molecular formula is C18H19ClO4. The maximum atomic E-state index is 10.8. The molecule has 0 bridgehead atoms. The highest BCUT2D eigenvalue weighted by Crippen LogP contribution is 2.33. The first kappa shape index (κ1) is 17.2. The van der Waals surface area contributed by atoms with Gasteiger partial charge in [0.05, 0.1) is 17.5 Å². The largest absolute Gasteiger partial charge is 0.493 e. The van der Waals surface area contributed by atoms with E-state index in [-0.39, 0.29) is 0 Å². The number of carboxylic acid groups (broad SMARTS) is 1. The molecule has 0 amide bonds. The molecule has 5 heteroatoms. The Labute approximate surface area is 140 Å². The van der Waals surface area contributed by atoms with E-state index in [1.807, 2.05) is 31.2 Å². The zero-order chi connectivity index (χ0) is 16.8. The predicted molar refractivity (Wildman–Crippen MR) is 89.6 cm³/mol. The van der Waals surface area contributed by atoms with Crippen molar-refractivity contribution < 1.29 is 19.4 Å². The van der Waals surface area contributed by atoms with Crippen LogP contribution in [0.2, 0.25) is 5.02 Å². The molecule has 1 unspecified atom stereocenters. The average molecular weight is 335 g/mol. The van der Waals surface area contributed by atoms with Crippen LogP contribution in [0.4, 0.5) is 0 Å². The van der Waals surface area contributed by atoms with Gasteiger partial charge in [-0.05, 0) is 37.6 Å². The lowest BCUT2D eigenvalue weighted by atomic mass is 10.1. The Kier molecular flexibility index (Phi) is 5.88. The van der Waals surface area contributed by atoms with Gasteiger partial charge in [-0.1, -0.05) is 36.2 Å². The second-order valence-corrected chi connectivity index (χ2v) is 5.79. The zero-order valence-electron chi connectivity index (χ0n) is 13.1. The minimum Gasteiger partial charge on any atom is -0.493 e. The Balaban J connectivity index is 2.01. The number of rotatable bonds is 7. The van der Waals surface area contributed by atoms with Crippen LogP contribution in [0, 0.1) is 12.8 Å². The molecule has 0 saturated heterocycles. The van der Waals surface area contributed by atoms with E-state index >= 15 is 0 Å². The molecule has 2 aromatic rings. The van der Waals surface area contributed by atoms with Gasteiger partial charge in [-0.3, -0.25) is 4.79 Å². The molecule has 1 N–H and O–H groups in total. The third kappa shape index (κ3) is 5.18. The van der Waals surface area contributed by atoms with Gasteiger partial charge in [0.2, 0.25) is 0 Å². The van der Waals surface area contributed by atoms with E-state index in [0.29, 0.717) is 35.3 Å². The van der Waals surface area contributed by atoms with E-state index in [1.54, 1.807) is 25.1 Å². The first-order valence-corrected chi connectivity index (χ1v) is 7.73. The maximum absolute atomic E-state index is 10.8. The summed E-state index contributed by atoms with van der Waals surface area (Å²) in [7, 11) is 0. The number of benzene rings is 2. The van der Waals surface area contributed by atoms with Crippen molar-refractivity contribution in [2.75, 3.05) is 6.61 Å². The lowest BCUT2D eigenvalue weighted by molar-refractivity contribution is -0.141. The fraction of sp³-hybridized carbons (Fsp3) is 0.278. The molecular weight excluding hydrogens is 316 g/mol. The molecule has 4 nitrogen and oxygen atoms in total. The number of aliphatic carboxylic acids is 1. The standard InChI is InChI=1S/C18H19ClO4/c1-12-3-5-14(6-4-12)23-17-11-15(7-8-16(17)19)22-10-9-13(2)18(20)21/h3-8,11,13H,9-10H2,1-2H3,(H,20,21). The number of halogens is 1. The third-order valence-corrected chi connectivity index (χ3v) is 3.70. The molecule has 23 heavy (non-hydrogen) atoms. The maximum Gasteiger partial charge on any atom is 0.306 e. The molecule has 0 heterocycles. The summed E-state index contributed by atoms with van der Waals surface area (Å²) < 4.78 is 11.3. The summed E-state index contributed by atoms with van der Waals surface area (Å²) in [6.45, 7) is 3.97. The van der Waals surface area contributed by atoms with Gasteiger partial charge < -0.3 is 14.6 Å². The summed E-state index contributed by atoms with van der Waals surface area (Å²) >= 11 is 6.15. The number of hydrogen-bond acceptors (Lipinski definition) is 3. The molecule has 0 aliphatic heterocycles. The molecule has 0 aromatic heterocycles. The molecule has 2 rings (SSSR count). The van der Waals surface area contributed by atoms with Crippen molar-refractivity contribution in [2.24, 2.45) is 5.92 Å². The summed E-state index contributed by atoms with van der Waals surface area (Å²) in [6, 6.07) is 12.8. The van der Waals surface area contributed by atoms with Crippen molar-refractivity contribution in [3.05, 3.63) is 53.1 Å². The van der Waals surface area contributed by atoms with Crippen molar-refractivity contribution in [3.63, 3.8) is 0 Å². The number of aryl methyl sites for hydroxylation is 1. The third-order valence-electron chi connectivity index (χ3n) is 3.39. The van der Waals surface area contributed by atoms with E-state index in [9.17, 15) is 4.79 Å². The second kappa shape index (κ2) is 7.88. The fourth-order valence-corrected chi connectivity index (χ4v) is 2.02. The quantitative estimate of drug-likeness (QED) is 0.780. The van der Waals surface area contributed by atoms with Gasteiger partial charge in [0.1, 0.15) is 17.2 Å². The first-order chi connectivity index (χ1) is 11.0. The van der Waals surface area contributed by atoms with Crippen LogP contribution >= 0.6 is 11.6 Å². The van der Waals surface area contributed by atoms with Crippen LogP contribution in [0.3, 0.4) is 0 Å². The normalized spacial score (nSPS) is 11.8. The van der Waals surface area contributed by atoms with E-state index < -0.39 is 11.9 Å². The lowest BCUT2D eigenvalue weighted by Crippen LogP contribution is -2.13. The van der Waals surface area contributed by atoms with Crippen molar-refractivity contribution >= 4 is 17.6 Å². The molecule has 0 fully saturated rings. The number of carboxylic acids is 1. The Morgan fingerprint density at radius 2 is 1.83 bits per heavy atom. The zero-order valence-corrected chi connectivity index (χ0v) is 13.8. The van der Waals surface area contributed by atoms with Gasteiger partial charge in [0.15, 0.2) is 0 Å². The molecule has 0 radical (unpaired) electrons. The summed E-state index contributed by atoms with van der Waals surface area (Å²) in [6.07, 6.45) is 0.437. The van der Waals surface area contributed by atoms with E-state index in [2.05, 4.69) is 0 Å². The molecule has 0 aliphatic rings. The number of ether oxygens (including phenoxy) is 2. The van der Waals surface area contributed by atoms with Gasteiger partial charge in [-0.2, -0.15) is 0 Å². The lowest BCUT2D eigenvalue weighted by Gasteiger charge is -2.12. The highest BCUT2D eigenvalue weighted by atomic mass is 35.5. The van der Waals surface area contributed by atoms with Gasteiger partial charge in [0, 0.05) is 6.07 Å². The summed E-state index contributed by atoms with van der Waals surface area (Å²) in [4.78, 5) is 10.8. The van der Waals surface area contributed by atoms with Crippen LogP contribution in [0.25, 0.3) is 0 Å². The Bertz CT molecular complexity index is 667. The minimum absolute atomic E-state index is 0.319. The molecule has 1 atom stereocenters.